The van der Waals surface area contributed by atoms with E-state index in [1.807, 2.05) is 24.0 Å². The number of aromatic nitrogens is 1. The Labute approximate surface area is 264 Å². The van der Waals surface area contributed by atoms with Gasteiger partial charge in [0.1, 0.15) is 0 Å². The maximum absolute atomic E-state index is 12.9. The average molecular weight is 647 g/mol. The summed E-state index contributed by atoms with van der Waals surface area (Å²) in [6.07, 6.45) is 1.59. The van der Waals surface area contributed by atoms with Crippen molar-refractivity contribution in [2.45, 2.75) is 32.7 Å². The Morgan fingerprint density at radius 1 is 0.889 bits per heavy atom. The topological polar surface area (TPSA) is 198 Å². The van der Waals surface area contributed by atoms with Crippen molar-refractivity contribution in [2.75, 3.05) is 51.3 Å². The summed E-state index contributed by atoms with van der Waals surface area (Å²) >= 11 is 1.51. The summed E-state index contributed by atoms with van der Waals surface area (Å²) < 4.78 is 6.32. The molecule has 0 radical (unpaired) electrons. The van der Waals surface area contributed by atoms with E-state index in [-0.39, 0.29) is 11.9 Å². The van der Waals surface area contributed by atoms with Gasteiger partial charge in [0, 0.05) is 57.4 Å². The summed E-state index contributed by atoms with van der Waals surface area (Å²) in [5.41, 5.74) is 3.25. The van der Waals surface area contributed by atoms with Gasteiger partial charge in [-0.2, -0.15) is 0 Å². The summed E-state index contributed by atoms with van der Waals surface area (Å²) in [6, 6.07) is 16.9. The number of carboxylic acid groups (broad SMARTS) is 4. The molecule has 244 valence electrons. The molecule has 1 unspecified atom stereocenters. The summed E-state index contributed by atoms with van der Waals surface area (Å²) in [5.74, 6) is -7.14. The number of fused-ring (bicyclic) bond motifs is 1. The van der Waals surface area contributed by atoms with Crippen LogP contribution in [0, 0.1) is 0 Å². The standard InChI is InChI=1S/C26H34N4O2S.2C2H2O4/c1-4-25(31)30(22-10-11-23-24(18-22)33-26(27-23)32-3)20(2)19-29-16-14-28(15-17-29)13-12-21-8-6-5-7-9-21;2*3-1(4)2(5)6/h5-11,18,20H,4,12-17,19H2,1-3H3;2*(H,3,4)(H,5,6). The second kappa shape index (κ2) is 18.3. The molecular weight excluding hydrogens is 608 g/mol. The van der Waals surface area contributed by atoms with Crippen LogP contribution in [0.15, 0.2) is 48.5 Å². The molecule has 1 aliphatic rings. The number of ether oxygens (including phenoxy) is 1. The van der Waals surface area contributed by atoms with Crippen molar-refractivity contribution >= 4 is 57.0 Å². The number of anilines is 1. The summed E-state index contributed by atoms with van der Waals surface area (Å²) in [4.78, 5) is 60.8. The second-order valence-corrected chi connectivity index (χ2v) is 10.9. The van der Waals surface area contributed by atoms with Crippen molar-refractivity contribution in [1.82, 2.24) is 14.8 Å². The largest absolute Gasteiger partial charge is 0.473 e. The van der Waals surface area contributed by atoms with Crippen molar-refractivity contribution < 1.29 is 49.1 Å². The number of piperazine rings is 1. The van der Waals surface area contributed by atoms with Crippen LogP contribution < -0.4 is 9.64 Å². The molecule has 4 rings (SSSR count). The van der Waals surface area contributed by atoms with E-state index in [9.17, 15) is 4.79 Å². The molecule has 0 spiro atoms. The van der Waals surface area contributed by atoms with Crippen molar-refractivity contribution in [3.8, 4) is 5.19 Å². The highest BCUT2D eigenvalue weighted by atomic mass is 32.1. The maximum Gasteiger partial charge on any atom is 0.414 e. The number of aliphatic carboxylic acids is 4. The van der Waals surface area contributed by atoms with Gasteiger partial charge in [0.2, 0.25) is 5.91 Å². The predicted molar refractivity (Wildman–Crippen MR) is 167 cm³/mol. The molecule has 0 bridgehead atoms. The molecule has 14 nitrogen and oxygen atoms in total. The number of carboxylic acids is 4. The fourth-order valence-corrected chi connectivity index (χ4v) is 5.34. The average Bonchev–Trinajstić information content (AvgIpc) is 3.44. The van der Waals surface area contributed by atoms with E-state index in [0.717, 1.165) is 61.6 Å². The van der Waals surface area contributed by atoms with Crippen molar-refractivity contribution in [3.05, 3.63) is 54.1 Å². The van der Waals surface area contributed by atoms with E-state index in [4.69, 9.17) is 44.3 Å². The van der Waals surface area contributed by atoms with Gasteiger partial charge >= 0.3 is 23.9 Å². The minimum Gasteiger partial charge on any atom is -0.473 e. The van der Waals surface area contributed by atoms with E-state index in [1.54, 1.807) is 7.11 Å². The number of amides is 1. The Morgan fingerprint density at radius 3 is 1.96 bits per heavy atom. The highest BCUT2D eigenvalue weighted by molar-refractivity contribution is 7.20. The van der Waals surface area contributed by atoms with Gasteiger partial charge in [0.05, 0.1) is 17.3 Å². The van der Waals surface area contributed by atoms with Gasteiger partial charge in [-0.25, -0.2) is 24.2 Å². The van der Waals surface area contributed by atoms with Crippen LogP contribution in [0.5, 0.6) is 5.19 Å². The molecule has 0 saturated carbocycles. The number of carbonyl (C=O) groups is 5. The molecule has 15 heteroatoms. The number of rotatable bonds is 9. The minimum absolute atomic E-state index is 0.0978. The van der Waals surface area contributed by atoms with Gasteiger partial charge in [-0.1, -0.05) is 48.6 Å². The molecular formula is C30H38N4O10S. The molecule has 2 aromatic carbocycles. The number of nitrogens with zero attached hydrogens (tertiary/aromatic N) is 4. The van der Waals surface area contributed by atoms with Crippen molar-refractivity contribution in [1.29, 1.82) is 0 Å². The second-order valence-electron chi connectivity index (χ2n) is 9.90. The number of thiazole rings is 1. The van der Waals surface area contributed by atoms with E-state index < -0.39 is 23.9 Å². The Kier molecular flexibility index (Phi) is 14.9. The fraction of sp³-hybridized carbons (Fsp3) is 0.400. The van der Waals surface area contributed by atoms with Crippen LogP contribution in [0.4, 0.5) is 5.69 Å². The molecule has 1 aromatic heterocycles. The molecule has 1 fully saturated rings. The van der Waals surface area contributed by atoms with E-state index in [1.165, 1.54) is 16.9 Å². The molecule has 4 N–H and O–H groups in total. The zero-order valence-corrected chi connectivity index (χ0v) is 26.1. The first-order valence-electron chi connectivity index (χ1n) is 14.0. The first-order chi connectivity index (χ1) is 21.4. The number of hydrogen-bond donors (Lipinski definition) is 4. The Balaban J connectivity index is 0.000000499. The molecule has 1 amide bonds. The van der Waals surface area contributed by atoms with Gasteiger partial charge in [0.15, 0.2) is 0 Å². The molecule has 1 saturated heterocycles. The van der Waals surface area contributed by atoms with E-state index in [2.05, 4.69) is 58.1 Å². The first-order valence-corrected chi connectivity index (χ1v) is 14.9. The lowest BCUT2D eigenvalue weighted by atomic mass is 10.1. The third kappa shape index (κ3) is 12.1. The maximum atomic E-state index is 12.9. The number of benzene rings is 2. The Morgan fingerprint density at radius 2 is 1.44 bits per heavy atom. The van der Waals surface area contributed by atoms with Crippen LogP contribution in [0.1, 0.15) is 25.8 Å². The van der Waals surface area contributed by atoms with Crippen LogP contribution in [-0.2, 0) is 30.4 Å². The molecule has 45 heavy (non-hydrogen) atoms. The Hall–Kier alpha value is -4.60. The van der Waals surface area contributed by atoms with Crippen LogP contribution >= 0.6 is 11.3 Å². The number of hydrogen-bond acceptors (Lipinski definition) is 10. The summed E-state index contributed by atoms with van der Waals surface area (Å²) in [7, 11) is 1.63. The quantitative estimate of drug-likeness (QED) is 0.248. The Bertz CT molecular complexity index is 1390. The molecule has 3 aromatic rings. The summed E-state index contributed by atoms with van der Waals surface area (Å²) in [6.45, 7) is 10.3. The van der Waals surface area contributed by atoms with Gasteiger partial charge in [0.25, 0.3) is 5.19 Å². The third-order valence-corrected chi connectivity index (χ3v) is 7.71. The van der Waals surface area contributed by atoms with E-state index in [0.29, 0.717) is 11.6 Å². The predicted octanol–water partition coefficient (Wildman–Crippen LogP) is 2.61. The number of methoxy groups -OCH3 is 1. The van der Waals surface area contributed by atoms with Gasteiger partial charge < -0.3 is 35.0 Å². The highest BCUT2D eigenvalue weighted by Gasteiger charge is 2.25. The lowest BCUT2D eigenvalue weighted by Crippen LogP contribution is -2.52. The molecule has 1 atom stereocenters. The monoisotopic (exact) mass is 646 g/mol. The molecule has 0 aliphatic carbocycles. The van der Waals surface area contributed by atoms with Gasteiger partial charge in [-0.3, -0.25) is 9.69 Å². The van der Waals surface area contributed by atoms with Crippen molar-refractivity contribution in [2.24, 2.45) is 0 Å². The molecule has 1 aliphatic heterocycles. The van der Waals surface area contributed by atoms with Crippen LogP contribution in [0.2, 0.25) is 0 Å². The smallest absolute Gasteiger partial charge is 0.414 e. The first kappa shape index (κ1) is 36.6. The van der Waals surface area contributed by atoms with Crippen LogP contribution in [0.3, 0.4) is 0 Å². The van der Waals surface area contributed by atoms with Crippen molar-refractivity contribution in [3.63, 3.8) is 0 Å². The minimum atomic E-state index is -1.82. The zero-order valence-electron chi connectivity index (χ0n) is 25.3. The third-order valence-electron chi connectivity index (χ3n) is 6.73. The van der Waals surface area contributed by atoms with Crippen LogP contribution in [0.25, 0.3) is 10.2 Å². The highest BCUT2D eigenvalue weighted by Crippen LogP contribution is 2.32. The number of carbonyl (C=O) groups excluding carboxylic acids is 1. The summed E-state index contributed by atoms with van der Waals surface area (Å²) in [5, 5.41) is 30.2. The van der Waals surface area contributed by atoms with Crippen LogP contribution in [-0.4, -0.2) is 117 Å². The normalized spacial score (nSPS) is 13.8. The lowest BCUT2D eigenvalue weighted by Gasteiger charge is -2.38. The fourth-order valence-electron chi connectivity index (χ4n) is 4.53. The van der Waals surface area contributed by atoms with Gasteiger partial charge in [-0.05, 0) is 37.1 Å². The van der Waals surface area contributed by atoms with E-state index >= 15 is 0 Å². The molecule has 2 heterocycles. The zero-order chi connectivity index (χ0) is 33.5. The lowest BCUT2D eigenvalue weighted by molar-refractivity contribution is -0.159. The van der Waals surface area contributed by atoms with Gasteiger partial charge in [-0.15, -0.1) is 0 Å². The SMILES string of the molecule is CCC(=O)N(c1ccc2nc(OC)sc2c1)C(C)CN1CCN(CCc2ccccc2)CC1.O=C(O)C(=O)O.O=C(O)C(=O)O.